The molecule has 2 heterocycles. The number of rotatable bonds is 4. The van der Waals surface area contributed by atoms with E-state index in [-0.39, 0.29) is 5.82 Å². The molecule has 2 N–H and O–H groups in total. The number of allylic oxidation sites excluding steroid dienone is 1. The second kappa shape index (κ2) is 6.51. The van der Waals surface area contributed by atoms with Crippen LogP contribution >= 0.6 is 11.3 Å². The topological polar surface area (TPSA) is 103 Å². The maximum atomic E-state index is 9.15. The Morgan fingerprint density at radius 2 is 2.00 bits per heavy atom. The molecule has 25 heavy (non-hydrogen) atoms. The van der Waals surface area contributed by atoms with E-state index in [0.29, 0.717) is 5.57 Å². The van der Waals surface area contributed by atoms with Crippen molar-refractivity contribution in [3.63, 3.8) is 0 Å². The minimum absolute atomic E-state index is 0.251. The van der Waals surface area contributed by atoms with E-state index in [4.69, 9.17) is 5.26 Å². The van der Waals surface area contributed by atoms with E-state index >= 15 is 0 Å². The summed E-state index contributed by atoms with van der Waals surface area (Å²) in [6, 6.07) is 18.0. The third-order valence-corrected chi connectivity index (χ3v) is 4.60. The summed E-state index contributed by atoms with van der Waals surface area (Å²) in [5, 5.41) is 26.5. The van der Waals surface area contributed by atoms with Gasteiger partial charge in [-0.15, -0.1) is 21.5 Å². The summed E-state index contributed by atoms with van der Waals surface area (Å²) < 4.78 is 1.17. The number of nitriles is 1. The fourth-order valence-corrected chi connectivity index (χ4v) is 3.25. The van der Waals surface area contributed by atoms with Crippen LogP contribution in [0.1, 0.15) is 5.82 Å². The third kappa shape index (κ3) is 3.08. The van der Waals surface area contributed by atoms with Gasteiger partial charge in [-0.3, -0.25) is 0 Å². The number of thiazole rings is 1. The minimum Gasteiger partial charge on any atom is -0.360 e. The predicted octanol–water partition coefficient (Wildman–Crippen LogP) is 3.45. The van der Waals surface area contributed by atoms with Crippen LogP contribution in [-0.2, 0) is 0 Å². The highest BCUT2D eigenvalue weighted by Crippen LogP contribution is 2.30. The SMILES string of the molecule is N#CC(=CNc1ccc(-c2nc3ccccc3s2)cc1)c1nn[nH]n1. The van der Waals surface area contributed by atoms with Crippen molar-refractivity contribution in [2.24, 2.45) is 0 Å². The van der Waals surface area contributed by atoms with Crippen molar-refractivity contribution in [3.8, 4) is 16.6 Å². The van der Waals surface area contributed by atoms with Crippen LogP contribution in [0.15, 0.2) is 54.7 Å². The Morgan fingerprint density at radius 1 is 1.16 bits per heavy atom. The summed E-state index contributed by atoms with van der Waals surface area (Å²) >= 11 is 1.66. The van der Waals surface area contributed by atoms with Crippen LogP contribution < -0.4 is 5.32 Å². The molecule has 8 heteroatoms. The lowest BCUT2D eigenvalue weighted by Gasteiger charge is -2.02. The number of nitrogens with one attached hydrogen (secondary N) is 2. The minimum atomic E-state index is 0.251. The number of fused-ring (bicyclic) bond motifs is 1. The van der Waals surface area contributed by atoms with Gasteiger partial charge in [-0.2, -0.15) is 10.5 Å². The molecule has 0 saturated heterocycles. The van der Waals surface area contributed by atoms with Crippen molar-refractivity contribution in [2.45, 2.75) is 0 Å². The molecule has 2 aromatic heterocycles. The first kappa shape index (κ1) is 15.0. The number of benzene rings is 2. The molecule has 120 valence electrons. The number of H-pyrrole nitrogens is 1. The maximum absolute atomic E-state index is 9.15. The third-order valence-electron chi connectivity index (χ3n) is 3.52. The van der Waals surface area contributed by atoms with Gasteiger partial charge in [0, 0.05) is 17.5 Å². The molecular weight excluding hydrogens is 334 g/mol. The Morgan fingerprint density at radius 3 is 2.72 bits per heavy atom. The van der Waals surface area contributed by atoms with Gasteiger partial charge in [0.05, 0.1) is 10.2 Å². The Kier molecular flexibility index (Phi) is 3.90. The van der Waals surface area contributed by atoms with Crippen LogP contribution in [0.2, 0.25) is 0 Å². The molecule has 2 aromatic carbocycles. The van der Waals surface area contributed by atoms with Crippen LogP contribution in [0.3, 0.4) is 0 Å². The first-order valence-corrected chi connectivity index (χ1v) is 8.22. The lowest BCUT2D eigenvalue weighted by Crippen LogP contribution is -1.93. The molecule has 4 rings (SSSR count). The standard InChI is InChI=1S/C17H11N7S/c18-9-12(16-21-23-24-22-16)10-19-13-7-5-11(6-8-13)17-20-14-3-1-2-4-15(14)25-17/h1-8,10,19H,(H,21,22,23,24). The van der Waals surface area contributed by atoms with Crippen molar-refractivity contribution in [2.75, 3.05) is 5.32 Å². The maximum Gasteiger partial charge on any atom is 0.216 e. The van der Waals surface area contributed by atoms with Crippen molar-refractivity contribution in [1.29, 1.82) is 5.26 Å². The number of anilines is 1. The summed E-state index contributed by atoms with van der Waals surface area (Å²) in [5.41, 5.74) is 3.20. The average molecular weight is 345 g/mol. The van der Waals surface area contributed by atoms with Gasteiger partial charge in [0.2, 0.25) is 5.82 Å². The smallest absolute Gasteiger partial charge is 0.216 e. The monoisotopic (exact) mass is 345 g/mol. The summed E-state index contributed by atoms with van der Waals surface area (Å²) in [7, 11) is 0. The van der Waals surface area contributed by atoms with E-state index in [1.54, 1.807) is 17.5 Å². The number of tetrazole rings is 1. The number of hydrogen-bond acceptors (Lipinski definition) is 7. The molecule has 0 radical (unpaired) electrons. The summed E-state index contributed by atoms with van der Waals surface area (Å²) in [4.78, 5) is 4.65. The van der Waals surface area contributed by atoms with E-state index in [1.807, 2.05) is 48.5 Å². The molecule has 0 saturated carbocycles. The molecule has 7 nitrogen and oxygen atoms in total. The fourth-order valence-electron chi connectivity index (χ4n) is 2.28. The first-order chi connectivity index (χ1) is 12.3. The molecule has 0 unspecified atom stereocenters. The van der Waals surface area contributed by atoms with E-state index in [9.17, 15) is 0 Å². The number of hydrogen-bond donors (Lipinski definition) is 2. The van der Waals surface area contributed by atoms with Gasteiger partial charge < -0.3 is 5.32 Å². The van der Waals surface area contributed by atoms with Gasteiger partial charge in [-0.05, 0) is 41.6 Å². The Bertz CT molecular complexity index is 1040. The lowest BCUT2D eigenvalue weighted by atomic mass is 10.2. The van der Waals surface area contributed by atoms with Crippen LogP contribution in [0.4, 0.5) is 5.69 Å². The number of nitrogens with zero attached hydrogens (tertiary/aromatic N) is 5. The Hall–Kier alpha value is -3.57. The van der Waals surface area contributed by atoms with Gasteiger partial charge in [0.25, 0.3) is 0 Å². The molecule has 0 aliphatic heterocycles. The van der Waals surface area contributed by atoms with E-state index < -0.39 is 0 Å². The molecule has 0 aliphatic rings. The number of para-hydroxylation sites is 1. The van der Waals surface area contributed by atoms with Gasteiger partial charge in [0.1, 0.15) is 16.6 Å². The molecule has 0 spiro atoms. The molecular formula is C17H11N7S. The quantitative estimate of drug-likeness (QED) is 0.549. The summed E-state index contributed by atoms with van der Waals surface area (Å²) in [6.45, 7) is 0. The van der Waals surface area contributed by atoms with Gasteiger partial charge >= 0.3 is 0 Å². The summed E-state index contributed by atoms with van der Waals surface area (Å²) in [6.07, 6.45) is 1.55. The molecule has 0 bridgehead atoms. The van der Waals surface area contributed by atoms with Gasteiger partial charge in [0.15, 0.2) is 0 Å². The van der Waals surface area contributed by atoms with Crippen molar-refractivity contribution in [1.82, 2.24) is 25.6 Å². The highest BCUT2D eigenvalue weighted by Gasteiger charge is 2.07. The number of aromatic amines is 1. The molecule has 0 amide bonds. The van der Waals surface area contributed by atoms with Crippen LogP contribution in [0.5, 0.6) is 0 Å². The second-order valence-electron chi connectivity index (χ2n) is 5.11. The van der Waals surface area contributed by atoms with Crippen molar-refractivity contribution >= 4 is 32.8 Å². The summed E-state index contributed by atoms with van der Waals surface area (Å²) in [5.74, 6) is 0.251. The van der Waals surface area contributed by atoms with E-state index in [1.165, 1.54) is 4.70 Å². The van der Waals surface area contributed by atoms with Crippen molar-refractivity contribution in [3.05, 3.63) is 60.6 Å². The zero-order valence-corrected chi connectivity index (χ0v) is 13.7. The largest absolute Gasteiger partial charge is 0.360 e. The second-order valence-corrected chi connectivity index (χ2v) is 6.14. The first-order valence-electron chi connectivity index (χ1n) is 7.40. The van der Waals surface area contributed by atoms with Crippen LogP contribution in [0.25, 0.3) is 26.4 Å². The molecule has 4 aromatic rings. The normalized spacial score (nSPS) is 11.4. The lowest BCUT2D eigenvalue weighted by molar-refractivity contribution is 0.881. The van der Waals surface area contributed by atoms with Gasteiger partial charge in [-0.1, -0.05) is 12.1 Å². The zero-order chi connectivity index (χ0) is 17.1. The van der Waals surface area contributed by atoms with E-state index in [2.05, 4.69) is 37.0 Å². The highest BCUT2D eigenvalue weighted by molar-refractivity contribution is 7.21. The average Bonchev–Trinajstić information content (AvgIpc) is 3.32. The highest BCUT2D eigenvalue weighted by atomic mass is 32.1. The van der Waals surface area contributed by atoms with Crippen LogP contribution in [-0.4, -0.2) is 25.6 Å². The van der Waals surface area contributed by atoms with Gasteiger partial charge in [-0.25, -0.2) is 4.98 Å². The molecule has 0 atom stereocenters. The molecule has 0 fully saturated rings. The number of aromatic nitrogens is 5. The van der Waals surface area contributed by atoms with E-state index in [0.717, 1.165) is 21.8 Å². The van der Waals surface area contributed by atoms with Crippen LogP contribution in [0, 0.1) is 11.3 Å². The predicted molar refractivity (Wildman–Crippen MR) is 96.4 cm³/mol. The molecule has 0 aliphatic carbocycles. The fraction of sp³-hybridized carbons (Fsp3) is 0. The Balaban J connectivity index is 1.55. The Labute approximate surface area is 146 Å². The zero-order valence-electron chi connectivity index (χ0n) is 12.8. The van der Waals surface area contributed by atoms with Crippen molar-refractivity contribution < 1.29 is 0 Å².